The average molecular weight is 388 g/mol. The third-order valence-electron chi connectivity index (χ3n) is 4.02. The molecule has 0 radical (unpaired) electrons. The lowest BCUT2D eigenvalue weighted by Crippen LogP contribution is -2.47. The van der Waals surface area contributed by atoms with E-state index in [9.17, 15) is 24.8 Å². The van der Waals surface area contributed by atoms with Crippen molar-refractivity contribution < 1.29 is 29.5 Å². The van der Waals surface area contributed by atoms with Crippen LogP contribution >= 0.6 is 0 Å². The van der Waals surface area contributed by atoms with Crippen LogP contribution in [0.25, 0.3) is 0 Å². The number of ether oxygens (including phenoxy) is 1. The number of nitro benzene ring substituents is 1. The number of hydrogen-bond donors (Lipinski definition) is 3. The number of aliphatic hydroxyl groups excluding tert-OH is 1. The zero-order valence-electron chi connectivity index (χ0n) is 15.3. The summed E-state index contributed by atoms with van der Waals surface area (Å²) in [7, 11) is 0. The van der Waals surface area contributed by atoms with Crippen LogP contribution in [0.15, 0.2) is 42.5 Å². The lowest BCUT2D eigenvalue weighted by Gasteiger charge is -2.18. The van der Waals surface area contributed by atoms with Gasteiger partial charge in [-0.2, -0.15) is 0 Å². The first-order chi connectivity index (χ1) is 13.2. The molecule has 2 aromatic carbocycles. The molecule has 0 aromatic heterocycles. The van der Waals surface area contributed by atoms with Gasteiger partial charge in [-0.3, -0.25) is 14.9 Å². The number of amides is 1. The minimum Gasteiger partial charge on any atom is -0.482 e. The smallest absolute Gasteiger partial charge is 0.328 e. The minimum absolute atomic E-state index is 0.0546. The Bertz CT molecular complexity index is 881. The maximum Gasteiger partial charge on any atom is 0.328 e. The van der Waals surface area contributed by atoms with E-state index >= 15 is 0 Å². The summed E-state index contributed by atoms with van der Waals surface area (Å²) in [6.45, 7) is 2.85. The Morgan fingerprint density at radius 1 is 1.21 bits per heavy atom. The van der Waals surface area contributed by atoms with Crippen molar-refractivity contribution in [3.8, 4) is 5.75 Å². The second kappa shape index (κ2) is 8.96. The van der Waals surface area contributed by atoms with E-state index in [1.54, 1.807) is 31.2 Å². The average Bonchev–Trinajstić information content (AvgIpc) is 2.64. The number of nitrogens with one attached hydrogen (secondary N) is 1. The SMILES string of the molecule is Cc1ccc(C(=O)NC(C(=O)O)C(C)O)c([N+](=O)[O-])c1OCc1ccccc1. The molecule has 0 aliphatic rings. The van der Waals surface area contributed by atoms with Crippen LogP contribution in [0.5, 0.6) is 5.75 Å². The third-order valence-corrected chi connectivity index (χ3v) is 4.02. The van der Waals surface area contributed by atoms with Crippen molar-refractivity contribution in [2.24, 2.45) is 0 Å². The molecule has 9 nitrogen and oxygen atoms in total. The zero-order chi connectivity index (χ0) is 20.8. The molecule has 0 saturated carbocycles. The molecule has 9 heteroatoms. The number of benzene rings is 2. The highest BCUT2D eigenvalue weighted by Gasteiger charge is 2.31. The largest absolute Gasteiger partial charge is 0.482 e. The highest BCUT2D eigenvalue weighted by molar-refractivity contribution is 6.01. The van der Waals surface area contributed by atoms with Gasteiger partial charge in [0, 0.05) is 0 Å². The Balaban J connectivity index is 2.38. The molecular weight excluding hydrogens is 368 g/mol. The van der Waals surface area contributed by atoms with Crippen molar-refractivity contribution >= 4 is 17.6 Å². The molecule has 0 aliphatic carbocycles. The van der Waals surface area contributed by atoms with Crippen molar-refractivity contribution in [3.63, 3.8) is 0 Å². The number of carbonyl (C=O) groups is 2. The normalized spacial score (nSPS) is 12.7. The molecular formula is C19H20N2O7. The van der Waals surface area contributed by atoms with Crippen molar-refractivity contribution in [1.82, 2.24) is 5.32 Å². The van der Waals surface area contributed by atoms with E-state index in [0.717, 1.165) is 5.56 Å². The highest BCUT2D eigenvalue weighted by atomic mass is 16.6. The number of aliphatic carboxylic acids is 1. The molecule has 2 rings (SSSR count). The monoisotopic (exact) mass is 388 g/mol. The second-order valence-corrected chi connectivity index (χ2v) is 6.17. The molecule has 0 saturated heterocycles. The van der Waals surface area contributed by atoms with Crippen molar-refractivity contribution in [2.45, 2.75) is 32.6 Å². The van der Waals surface area contributed by atoms with Gasteiger partial charge in [0.1, 0.15) is 12.2 Å². The molecule has 28 heavy (non-hydrogen) atoms. The number of aliphatic hydroxyl groups is 1. The summed E-state index contributed by atoms with van der Waals surface area (Å²) >= 11 is 0. The van der Waals surface area contributed by atoms with E-state index in [-0.39, 0.29) is 17.9 Å². The fourth-order valence-corrected chi connectivity index (χ4v) is 2.56. The number of rotatable bonds is 8. The summed E-state index contributed by atoms with van der Waals surface area (Å²) in [4.78, 5) is 34.5. The summed E-state index contributed by atoms with van der Waals surface area (Å²) in [6.07, 6.45) is -1.39. The summed E-state index contributed by atoms with van der Waals surface area (Å²) in [6, 6.07) is 10.1. The van der Waals surface area contributed by atoms with Gasteiger partial charge in [0.15, 0.2) is 6.04 Å². The molecule has 2 aromatic rings. The summed E-state index contributed by atoms with van der Waals surface area (Å²) in [5.74, 6) is -2.53. The summed E-state index contributed by atoms with van der Waals surface area (Å²) in [5, 5.41) is 32.3. The van der Waals surface area contributed by atoms with Gasteiger partial charge in [0.25, 0.3) is 5.91 Å². The maximum absolute atomic E-state index is 12.5. The highest BCUT2D eigenvalue weighted by Crippen LogP contribution is 2.35. The number of nitro groups is 1. The van der Waals surface area contributed by atoms with E-state index in [0.29, 0.717) is 5.56 Å². The van der Waals surface area contributed by atoms with Crippen LogP contribution in [0.2, 0.25) is 0 Å². The van der Waals surface area contributed by atoms with E-state index in [1.165, 1.54) is 19.1 Å². The van der Waals surface area contributed by atoms with Crippen molar-refractivity contribution in [3.05, 3.63) is 69.3 Å². The number of carboxylic acids is 1. The fourth-order valence-electron chi connectivity index (χ4n) is 2.56. The van der Waals surface area contributed by atoms with Crippen LogP contribution in [0.1, 0.15) is 28.4 Å². The number of carboxylic acid groups (broad SMARTS) is 1. The van der Waals surface area contributed by atoms with Gasteiger partial charge in [-0.05, 0) is 31.0 Å². The fraction of sp³-hybridized carbons (Fsp3) is 0.263. The Morgan fingerprint density at radius 2 is 1.86 bits per heavy atom. The minimum atomic E-state index is -1.61. The lowest BCUT2D eigenvalue weighted by atomic mass is 10.1. The van der Waals surface area contributed by atoms with Gasteiger partial charge in [0.2, 0.25) is 5.75 Å². The molecule has 148 valence electrons. The van der Waals surface area contributed by atoms with Crippen molar-refractivity contribution in [1.29, 1.82) is 0 Å². The maximum atomic E-state index is 12.5. The molecule has 0 bridgehead atoms. The third kappa shape index (κ3) is 4.83. The van der Waals surface area contributed by atoms with E-state index in [1.807, 2.05) is 6.07 Å². The zero-order valence-corrected chi connectivity index (χ0v) is 15.3. The molecule has 0 aliphatic heterocycles. The first kappa shape index (κ1) is 20.8. The molecule has 1 amide bonds. The van der Waals surface area contributed by atoms with Crippen LogP contribution < -0.4 is 10.1 Å². The Morgan fingerprint density at radius 3 is 2.39 bits per heavy atom. The van der Waals surface area contributed by atoms with E-state index in [4.69, 9.17) is 9.84 Å². The Hall–Kier alpha value is -3.46. The quantitative estimate of drug-likeness (QED) is 0.464. The first-order valence-corrected chi connectivity index (χ1v) is 8.38. The molecule has 2 unspecified atom stereocenters. The molecule has 0 fully saturated rings. The molecule has 3 N–H and O–H groups in total. The van der Waals surface area contributed by atoms with Gasteiger partial charge in [0.05, 0.1) is 11.0 Å². The van der Waals surface area contributed by atoms with E-state index < -0.39 is 34.6 Å². The van der Waals surface area contributed by atoms with Gasteiger partial charge >= 0.3 is 11.7 Å². The standard InChI is InChI=1S/C19H20N2O7/c1-11-8-9-14(18(23)20-15(12(2)22)19(24)25)16(21(26)27)17(11)28-10-13-6-4-3-5-7-13/h3-9,12,15,22H,10H2,1-2H3,(H,20,23)(H,24,25). The first-order valence-electron chi connectivity index (χ1n) is 8.38. The number of hydrogen-bond acceptors (Lipinski definition) is 6. The van der Waals surface area contributed by atoms with Gasteiger partial charge in [-0.1, -0.05) is 36.4 Å². The molecule has 2 atom stereocenters. The summed E-state index contributed by atoms with van der Waals surface area (Å²) in [5.41, 5.74) is 0.310. The second-order valence-electron chi connectivity index (χ2n) is 6.17. The lowest BCUT2D eigenvalue weighted by molar-refractivity contribution is -0.386. The van der Waals surface area contributed by atoms with Crippen molar-refractivity contribution in [2.75, 3.05) is 0 Å². The van der Waals surface area contributed by atoms with Crippen LogP contribution in [0.4, 0.5) is 5.69 Å². The Labute approximate surface area is 160 Å². The van der Waals surface area contributed by atoms with Crippen LogP contribution in [0.3, 0.4) is 0 Å². The number of carbonyl (C=O) groups excluding carboxylic acids is 1. The van der Waals surface area contributed by atoms with Crippen LogP contribution in [-0.4, -0.2) is 39.2 Å². The molecule has 0 spiro atoms. The van der Waals surface area contributed by atoms with Gasteiger partial charge in [-0.25, -0.2) is 4.79 Å². The topological polar surface area (TPSA) is 139 Å². The number of aryl methyl sites for hydroxylation is 1. The van der Waals surface area contributed by atoms with E-state index in [2.05, 4.69) is 5.32 Å². The number of nitrogens with zero attached hydrogens (tertiary/aromatic N) is 1. The summed E-state index contributed by atoms with van der Waals surface area (Å²) < 4.78 is 5.62. The Kier molecular flexibility index (Phi) is 6.67. The van der Waals surface area contributed by atoms with Crippen LogP contribution in [-0.2, 0) is 11.4 Å². The predicted octanol–water partition coefficient (Wildman–Crippen LogP) is 2.05. The predicted molar refractivity (Wildman–Crippen MR) is 99.2 cm³/mol. The van der Waals surface area contributed by atoms with Crippen LogP contribution in [0, 0.1) is 17.0 Å². The van der Waals surface area contributed by atoms with Gasteiger partial charge in [-0.15, -0.1) is 0 Å². The van der Waals surface area contributed by atoms with Gasteiger partial charge < -0.3 is 20.3 Å². The molecule has 0 heterocycles.